The van der Waals surface area contributed by atoms with Crippen molar-refractivity contribution in [2.75, 3.05) is 18.0 Å². The molecule has 3 rings (SSSR count). The van der Waals surface area contributed by atoms with Crippen molar-refractivity contribution < 1.29 is 13.2 Å². The molecule has 0 amide bonds. The van der Waals surface area contributed by atoms with Crippen LogP contribution < -0.4 is 9.62 Å². The van der Waals surface area contributed by atoms with E-state index in [0.717, 1.165) is 24.5 Å². The number of pyridine rings is 1. The van der Waals surface area contributed by atoms with Crippen LogP contribution >= 0.6 is 0 Å². The van der Waals surface area contributed by atoms with Gasteiger partial charge in [-0.15, -0.1) is 0 Å². The van der Waals surface area contributed by atoms with E-state index in [2.05, 4.69) is 14.6 Å². The number of anilines is 1. The number of rotatable bonds is 6. The second-order valence-electron chi connectivity index (χ2n) is 6.48. The van der Waals surface area contributed by atoms with Crippen molar-refractivity contribution in [2.45, 2.75) is 37.6 Å². The Morgan fingerprint density at radius 3 is 2.35 bits per heavy atom. The Morgan fingerprint density at radius 1 is 1.08 bits per heavy atom. The molecule has 7 heteroatoms. The van der Waals surface area contributed by atoms with E-state index in [9.17, 15) is 13.2 Å². The topological polar surface area (TPSA) is 79.4 Å². The van der Waals surface area contributed by atoms with Crippen LogP contribution in [-0.2, 0) is 16.6 Å². The van der Waals surface area contributed by atoms with Gasteiger partial charge in [-0.25, -0.2) is 18.1 Å². The van der Waals surface area contributed by atoms with E-state index in [1.165, 1.54) is 50.5 Å². The molecule has 0 aliphatic carbocycles. The molecule has 0 bridgehead atoms. The van der Waals surface area contributed by atoms with Gasteiger partial charge in [-0.1, -0.05) is 18.2 Å². The molecule has 6 nitrogen and oxygen atoms in total. The molecule has 1 aliphatic rings. The number of Topliss-reactive ketones (excluding diaryl/α,β-unsaturated/α-hetero) is 1. The monoisotopic (exact) mass is 373 g/mol. The highest BCUT2D eigenvalue weighted by atomic mass is 32.2. The Bertz CT molecular complexity index is 856. The highest BCUT2D eigenvalue weighted by Crippen LogP contribution is 2.18. The van der Waals surface area contributed by atoms with Crippen LogP contribution in [0.5, 0.6) is 0 Å². The molecule has 0 saturated carbocycles. The molecular weight excluding hydrogens is 350 g/mol. The lowest BCUT2D eigenvalue weighted by Crippen LogP contribution is -2.30. The minimum absolute atomic E-state index is 0.0956. The van der Waals surface area contributed by atoms with E-state index >= 15 is 0 Å². The molecule has 1 aromatic heterocycles. The van der Waals surface area contributed by atoms with Gasteiger partial charge in [0, 0.05) is 31.4 Å². The van der Waals surface area contributed by atoms with Crippen molar-refractivity contribution in [3.05, 3.63) is 53.7 Å². The van der Waals surface area contributed by atoms with Gasteiger partial charge in [0.15, 0.2) is 5.78 Å². The van der Waals surface area contributed by atoms with Gasteiger partial charge < -0.3 is 4.90 Å². The summed E-state index contributed by atoms with van der Waals surface area (Å²) in [6.45, 7) is 3.66. The normalized spacial score (nSPS) is 15.0. The fourth-order valence-electron chi connectivity index (χ4n) is 2.96. The number of piperidine rings is 1. The van der Waals surface area contributed by atoms with Crippen molar-refractivity contribution >= 4 is 21.6 Å². The van der Waals surface area contributed by atoms with E-state index in [1.807, 2.05) is 12.1 Å². The van der Waals surface area contributed by atoms with Crippen molar-refractivity contribution in [3.8, 4) is 0 Å². The number of hydrogen-bond donors (Lipinski definition) is 1. The molecule has 1 aromatic carbocycles. The molecule has 1 aliphatic heterocycles. The summed E-state index contributed by atoms with van der Waals surface area (Å²) in [5.41, 5.74) is 1.29. The molecule has 1 fully saturated rings. The first kappa shape index (κ1) is 18.5. The molecule has 2 heterocycles. The van der Waals surface area contributed by atoms with Crippen molar-refractivity contribution in [2.24, 2.45) is 0 Å². The largest absolute Gasteiger partial charge is 0.357 e. The zero-order valence-corrected chi connectivity index (χ0v) is 15.6. The first-order valence-corrected chi connectivity index (χ1v) is 10.2. The number of aromatic nitrogens is 1. The van der Waals surface area contributed by atoms with Crippen molar-refractivity contribution in [1.82, 2.24) is 9.71 Å². The standard InChI is InChI=1S/C19H23N3O3S/c1-15(23)17-6-8-18(9-7-17)26(24,25)21-14-16-5-10-19(20-13-16)22-11-3-2-4-12-22/h5-10,13,21H,2-4,11-12,14H2,1H3. The Hall–Kier alpha value is -2.25. The molecule has 138 valence electrons. The van der Waals surface area contributed by atoms with E-state index in [0.29, 0.717) is 5.56 Å². The number of nitrogens with zero attached hydrogens (tertiary/aromatic N) is 2. The molecule has 1 N–H and O–H groups in total. The van der Waals surface area contributed by atoms with Crippen LogP contribution in [0.3, 0.4) is 0 Å². The smallest absolute Gasteiger partial charge is 0.240 e. The van der Waals surface area contributed by atoms with Gasteiger partial charge in [-0.3, -0.25) is 4.79 Å². The number of carbonyl (C=O) groups excluding carboxylic acids is 1. The number of hydrogen-bond acceptors (Lipinski definition) is 5. The first-order chi connectivity index (χ1) is 12.5. The number of sulfonamides is 1. The van der Waals surface area contributed by atoms with Crippen LogP contribution in [0.15, 0.2) is 47.5 Å². The minimum atomic E-state index is -3.63. The van der Waals surface area contributed by atoms with Gasteiger partial charge in [0.1, 0.15) is 5.82 Å². The molecule has 0 atom stereocenters. The fraction of sp³-hybridized carbons (Fsp3) is 0.368. The van der Waals surface area contributed by atoms with Gasteiger partial charge in [0.25, 0.3) is 0 Å². The fourth-order valence-corrected chi connectivity index (χ4v) is 3.98. The number of carbonyl (C=O) groups is 1. The van der Waals surface area contributed by atoms with Crippen molar-refractivity contribution in [1.29, 1.82) is 0 Å². The molecule has 2 aromatic rings. The molecule has 0 radical (unpaired) electrons. The number of ketones is 1. The third-order valence-electron chi connectivity index (χ3n) is 4.53. The summed E-state index contributed by atoms with van der Waals surface area (Å²) in [5, 5.41) is 0. The summed E-state index contributed by atoms with van der Waals surface area (Å²) >= 11 is 0. The second-order valence-corrected chi connectivity index (χ2v) is 8.24. The van der Waals surface area contributed by atoms with Crippen LogP contribution in [-0.4, -0.2) is 32.3 Å². The SMILES string of the molecule is CC(=O)c1ccc(S(=O)(=O)NCc2ccc(N3CCCCC3)nc2)cc1. The lowest BCUT2D eigenvalue weighted by Gasteiger charge is -2.27. The van der Waals surface area contributed by atoms with Gasteiger partial charge in [-0.2, -0.15) is 0 Å². The average Bonchev–Trinajstić information content (AvgIpc) is 2.67. The molecule has 0 unspecified atom stereocenters. The summed E-state index contributed by atoms with van der Waals surface area (Å²) in [5.74, 6) is 0.845. The van der Waals surface area contributed by atoms with E-state index in [4.69, 9.17) is 0 Å². The summed E-state index contributed by atoms with van der Waals surface area (Å²) < 4.78 is 27.3. The predicted molar refractivity (Wildman–Crippen MR) is 101 cm³/mol. The maximum absolute atomic E-state index is 12.4. The highest BCUT2D eigenvalue weighted by Gasteiger charge is 2.15. The summed E-state index contributed by atoms with van der Waals surface area (Å²) in [7, 11) is -3.63. The van der Waals surface area contributed by atoms with Gasteiger partial charge in [-0.05, 0) is 49.9 Å². The van der Waals surface area contributed by atoms with Gasteiger partial charge in [0.2, 0.25) is 10.0 Å². The Labute approximate surface area is 154 Å². The first-order valence-electron chi connectivity index (χ1n) is 8.76. The zero-order chi connectivity index (χ0) is 18.6. The maximum Gasteiger partial charge on any atom is 0.240 e. The van der Waals surface area contributed by atoms with Crippen molar-refractivity contribution in [3.63, 3.8) is 0 Å². The summed E-state index contributed by atoms with van der Waals surface area (Å²) in [4.78, 5) is 18.1. The molecule has 1 saturated heterocycles. The van der Waals surface area contributed by atoms with E-state index in [-0.39, 0.29) is 17.2 Å². The zero-order valence-electron chi connectivity index (χ0n) is 14.8. The van der Waals surface area contributed by atoms with Crippen LogP contribution in [0.1, 0.15) is 42.1 Å². The number of nitrogens with one attached hydrogen (secondary N) is 1. The quantitative estimate of drug-likeness (QED) is 0.788. The van der Waals surface area contributed by atoms with Crippen LogP contribution in [0.2, 0.25) is 0 Å². The Balaban J connectivity index is 1.62. The van der Waals surface area contributed by atoms with E-state index in [1.54, 1.807) is 6.20 Å². The third kappa shape index (κ3) is 4.47. The molecular formula is C19H23N3O3S. The molecule has 0 spiro atoms. The lowest BCUT2D eigenvalue weighted by molar-refractivity contribution is 0.101. The Morgan fingerprint density at radius 2 is 1.77 bits per heavy atom. The highest BCUT2D eigenvalue weighted by molar-refractivity contribution is 7.89. The second kappa shape index (κ2) is 7.97. The maximum atomic E-state index is 12.4. The van der Waals surface area contributed by atoms with Crippen LogP contribution in [0.25, 0.3) is 0 Å². The number of benzene rings is 1. The average molecular weight is 373 g/mol. The van der Waals surface area contributed by atoms with Gasteiger partial charge in [0.05, 0.1) is 4.90 Å². The third-order valence-corrected chi connectivity index (χ3v) is 5.94. The summed E-state index contributed by atoms with van der Waals surface area (Å²) in [6.07, 6.45) is 5.35. The van der Waals surface area contributed by atoms with Gasteiger partial charge >= 0.3 is 0 Å². The minimum Gasteiger partial charge on any atom is -0.357 e. The Kier molecular flexibility index (Phi) is 5.68. The predicted octanol–water partition coefficient (Wildman–Crippen LogP) is 2.75. The summed E-state index contributed by atoms with van der Waals surface area (Å²) in [6, 6.07) is 9.76. The van der Waals surface area contributed by atoms with Crippen LogP contribution in [0.4, 0.5) is 5.82 Å². The van der Waals surface area contributed by atoms with Crippen LogP contribution in [0, 0.1) is 0 Å². The lowest BCUT2D eigenvalue weighted by atomic mass is 10.1. The molecule has 26 heavy (non-hydrogen) atoms. The van der Waals surface area contributed by atoms with E-state index < -0.39 is 10.0 Å².